The molecule has 0 saturated carbocycles. The maximum absolute atomic E-state index is 8.62. The van der Waals surface area contributed by atoms with Crippen molar-refractivity contribution in [3.63, 3.8) is 0 Å². The summed E-state index contributed by atoms with van der Waals surface area (Å²) >= 11 is 0. The molecule has 0 saturated heterocycles. The van der Waals surface area contributed by atoms with Gasteiger partial charge in [-0.15, -0.1) is 0 Å². The second-order valence-electron chi connectivity index (χ2n) is 4.24. The molecular weight excluding hydrogens is 196 g/mol. The highest BCUT2D eigenvalue weighted by Crippen LogP contribution is 2.20. The van der Waals surface area contributed by atoms with Crippen molar-refractivity contribution in [2.45, 2.75) is 26.2 Å². The fourth-order valence-corrected chi connectivity index (χ4v) is 1.72. The standard InChI is InChI=1S/C14H14N2/c1-10(2)11-4-6-14-12(9-11)3-5-13(16-14)7-8-15/h3-6,9-10H,7H2,1-2H3. The SMILES string of the molecule is CC(C)c1ccc2nc(CC#N)ccc2c1. The number of nitrogens with zero attached hydrogens (tertiary/aromatic N) is 2. The molecule has 0 unspecified atom stereocenters. The quantitative estimate of drug-likeness (QED) is 0.761. The van der Waals surface area contributed by atoms with Crippen LogP contribution in [0.4, 0.5) is 0 Å². The molecule has 0 aliphatic heterocycles. The maximum atomic E-state index is 8.62. The predicted octanol–water partition coefficient (Wildman–Crippen LogP) is 3.42. The van der Waals surface area contributed by atoms with Gasteiger partial charge in [-0.05, 0) is 29.7 Å². The summed E-state index contributed by atoms with van der Waals surface area (Å²) < 4.78 is 0. The van der Waals surface area contributed by atoms with Crippen LogP contribution in [0.15, 0.2) is 30.3 Å². The van der Waals surface area contributed by atoms with Crippen LogP contribution in [0.5, 0.6) is 0 Å². The average molecular weight is 210 g/mol. The van der Waals surface area contributed by atoms with Crippen molar-refractivity contribution in [2.24, 2.45) is 0 Å². The van der Waals surface area contributed by atoms with E-state index in [4.69, 9.17) is 5.26 Å². The molecular formula is C14H14N2. The highest BCUT2D eigenvalue weighted by atomic mass is 14.7. The van der Waals surface area contributed by atoms with E-state index in [1.807, 2.05) is 18.2 Å². The smallest absolute Gasteiger partial charge is 0.0774 e. The zero-order chi connectivity index (χ0) is 11.5. The molecule has 0 aliphatic carbocycles. The van der Waals surface area contributed by atoms with E-state index in [0.29, 0.717) is 12.3 Å². The molecule has 2 heteroatoms. The summed E-state index contributed by atoms with van der Waals surface area (Å²) in [5.74, 6) is 0.531. The fraction of sp³-hybridized carbons (Fsp3) is 0.286. The Morgan fingerprint density at radius 1 is 1.25 bits per heavy atom. The number of benzene rings is 1. The molecule has 2 rings (SSSR count). The van der Waals surface area contributed by atoms with Gasteiger partial charge in [0.25, 0.3) is 0 Å². The van der Waals surface area contributed by atoms with Crippen molar-refractivity contribution in [1.82, 2.24) is 4.98 Å². The molecule has 0 bridgehead atoms. The molecule has 0 radical (unpaired) electrons. The third-order valence-electron chi connectivity index (χ3n) is 2.70. The van der Waals surface area contributed by atoms with Gasteiger partial charge in [-0.1, -0.05) is 26.0 Å². The van der Waals surface area contributed by atoms with Gasteiger partial charge < -0.3 is 0 Å². The Bertz CT molecular complexity index is 550. The third-order valence-corrected chi connectivity index (χ3v) is 2.70. The largest absolute Gasteiger partial charge is 0.252 e. The summed E-state index contributed by atoms with van der Waals surface area (Å²) in [5, 5.41) is 9.76. The molecule has 0 fully saturated rings. The van der Waals surface area contributed by atoms with Gasteiger partial charge in [-0.3, -0.25) is 4.98 Å². The van der Waals surface area contributed by atoms with Crippen LogP contribution in [0.2, 0.25) is 0 Å². The van der Waals surface area contributed by atoms with Gasteiger partial charge in [0.2, 0.25) is 0 Å². The van der Waals surface area contributed by atoms with Crippen molar-refractivity contribution < 1.29 is 0 Å². The minimum Gasteiger partial charge on any atom is -0.252 e. The van der Waals surface area contributed by atoms with E-state index in [1.165, 1.54) is 5.56 Å². The Morgan fingerprint density at radius 2 is 2.06 bits per heavy atom. The monoisotopic (exact) mass is 210 g/mol. The Balaban J connectivity index is 2.49. The van der Waals surface area contributed by atoms with Crippen molar-refractivity contribution in [3.05, 3.63) is 41.6 Å². The van der Waals surface area contributed by atoms with Crippen molar-refractivity contribution in [2.75, 3.05) is 0 Å². The number of hydrogen-bond acceptors (Lipinski definition) is 2. The fourth-order valence-electron chi connectivity index (χ4n) is 1.72. The Kier molecular flexibility index (Phi) is 2.87. The molecule has 0 N–H and O–H groups in total. The van der Waals surface area contributed by atoms with Crippen LogP contribution >= 0.6 is 0 Å². The van der Waals surface area contributed by atoms with Crippen LogP contribution in [0.1, 0.15) is 31.0 Å². The molecule has 1 aromatic heterocycles. The maximum Gasteiger partial charge on any atom is 0.0774 e. The molecule has 0 amide bonds. The number of fused-ring (bicyclic) bond motifs is 1. The van der Waals surface area contributed by atoms with Crippen molar-refractivity contribution in [3.8, 4) is 6.07 Å². The first-order valence-corrected chi connectivity index (χ1v) is 5.47. The average Bonchev–Trinajstić information content (AvgIpc) is 2.28. The van der Waals surface area contributed by atoms with Crippen molar-refractivity contribution >= 4 is 10.9 Å². The van der Waals surface area contributed by atoms with E-state index in [1.54, 1.807) is 0 Å². The Morgan fingerprint density at radius 3 is 2.75 bits per heavy atom. The Labute approximate surface area is 95.6 Å². The summed E-state index contributed by atoms with van der Waals surface area (Å²) in [4.78, 5) is 4.44. The van der Waals surface area contributed by atoms with Crippen LogP contribution in [0.25, 0.3) is 10.9 Å². The highest BCUT2D eigenvalue weighted by molar-refractivity contribution is 5.79. The Hall–Kier alpha value is -1.88. The summed E-state index contributed by atoms with van der Waals surface area (Å²) in [6, 6.07) is 12.4. The molecule has 1 heterocycles. The number of pyridine rings is 1. The molecule has 2 nitrogen and oxygen atoms in total. The molecule has 0 spiro atoms. The lowest BCUT2D eigenvalue weighted by molar-refractivity contribution is 0.868. The minimum atomic E-state index is 0.377. The summed E-state index contributed by atoms with van der Waals surface area (Å²) in [6.07, 6.45) is 0.377. The second kappa shape index (κ2) is 4.32. The number of aromatic nitrogens is 1. The highest BCUT2D eigenvalue weighted by Gasteiger charge is 2.02. The van der Waals surface area contributed by atoms with Gasteiger partial charge in [-0.25, -0.2) is 0 Å². The third kappa shape index (κ3) is 2.04. The van der Waals surface area contributed by atoms with Gasteiger partial charge in [0.05, 0.1) is 23.7 Å². The van der Waals surface area contributed by atoms with Gasteiger partial charge in [0.1, 0.15) is 0 Å². The summed E-state index contributed by atoms with van der Waals surface area (Å²) in [7, 11) is 0. The number of hydrogen-bond donors (Lipinski definition) is 0. The molecule has 2 aromatic rings. The lowest BCUT2D eigenvalue weighted by atomic mass is 10.0. The first-order valence-electron chi connectivity index (χ1n) is 5.47. The van der Waals surface area contributed by atoms with E-state index in [0.717, 1.165) is 16.6 Å². The molecule has 0 atom stereocenters. The number of rotatable bonds is 2. The van der Waals surface area contributed by atoms with Crippen molar-refractivity contribution in [1.29, 1.82) is 5.26 Å². The molecule has 1 aromatic carbocycles. The lowest BCUT2D eigenvalue weighted by Crippen LogP contribution is -1.91. The lowest BCUT2D eigenvalue weighted by Gasteiger charge is -2.06. The first kappa shape index (κ1) is 10.6. The predicted molar refractivity (Wildman–Crippen MR) is 65.1 cm³/mol. The van der Waals surface area contributed by atoms with E-state index >= 15 is 0 Å². The summed E-state index contributed by atoms with van der Waals surface area (Å²) in [5.41, 5.74) is 3.13. The molecule has 80 valence electrons. The van der Waals surface area contributed by atoms with Crippen LogP contribution < -0.4 is 0 Å². The minimum absolute atomic E-state index is 0.377. The van der Waals surface area contributed by atoms with Gasteiger partial charge in [0, 0.05) is 5.39 Å². The van der Waals surface area contributed by atoms with Gasteiger partial charge in [-0.2, -0.15) is 5.26 Å². The van der Waals surface area contributed by atoms with Crippen LogP contribution in [-0.4, -0.2) is 4.98 Å². The zero-order valence-electron chi connectivity index (χ0n) is 9.57. The van der Waals surface area contributed by atoms with Gasteiger partial charge >= 0.3 is 0 Å². The van der Waals surface area contributed by atoms with Gasteiger partial charge in [0.15, 0.2) is 0 Å². The summed E-state index contributed by atoms with van der Waals surface area (Å²) in [6.45, 7) is 4.36. The van der Waals surface area contributed by atoms with E-state index in [9.17, 15) is 0 Å². The van der Waals surface area contributed by atoms with Crippen LogP contribution in [0.3, 0.4) is 0 Å². The van der Waals surface area contributed by atoms with E-state index < -0.39 is 0 Å². The molecule has 16 heavy (non-hydrogen) atoms. The second-order valence-corrected chi connectivity index (χ2v) is 4.24. The zero-order valence-corrected chi connectivity index (χ0v) is 9.57. The van der Waals surface area contributed by atoms with Crippen LogP contribution in [0, 0.1) is 11.3 Å². The number of nitriles is 1. The topological polar surface area (TPSA) is 36.7 Å². The first-order chi connectivity index (χ1) is 7.70. The normalized spacial score (nSPS) is 10.6. The van der Waals surface area contributed by atoms with E-state index in [2.05, 4.69) is 37.0 Å². The van der Waals surface area contributed by atoms with E-state index in [-0.39, 0.29) is 0 Å². The van der Waals surface area contributed by atoms with Crippen LogP contribution in [-0.2, 0) is 6.42 Å². The molecule has 0 aliphatic rings.